The van der Waals surface area contributed by atoms with Crippen LogP contribution in [0.5, 0.6) is 11.5 Å². The second kappa shape index (κ2) is 8.28. The zero-order chi connectivity index (χ0) is 18.4. The van der Waals surface area contributed by atoms with Crippen molar-refractivity contribution in [1.29, 1.82) is 0 Å². The molecule has 6 nitrogen and oxygen atoms in total. The Hall–Kier alpha value is -3.17. The van der Waals surface area contributed by atoms with E-state index in [2.05, 4.69) is 21.0 Å². The minimum absolute atomic E-state index is 0.505. The summed E-state index contributed by atoms with van der Waals surface area (Å²) >= 11 is 0. The van der Waals surface area contributed by atoms with Crippen LogP contribution in [0.2, 0.25) is 0 Å². The molecule has 0 aliphatic rings. The van der Waals surface area contributed by atoms with Crippen LogP contribution in [0.25, 0.3) is 11.3 Å². The van der Waals surface area contributed by atoms with E-state index in [9.17, 15) is 0 Å². The van der Waals surface area contributed by atoms with Crippen molar-refractivity contribution in [3.63, 3.8) is 0 Å². The van der Waals surface area contributed by atoms with E-state index in [4.69, 9.17) is 20.3 Å². The number of aromatic amines is 1. The fourth-order valence-electron chi connectivity index (χ4n) is 2.83. The summed E-state index contributed by atoms with van der Waals surface area (Å²) in [6.45, 7) is 1.76. The highest BCUT2D eigenvalue weighted by molar-refractivity contribution is 5.71. The van der Waals surface area contributed by atoms with Crippen LogP contribution in [0.15, 0.2) is 47.2 Å². The third kappa shape index (κ3) is 3.90. The van der Waals surface area contributed by atoms with Crippen LogP contribution in [0.3, 0.4) is 0 Å². The maximum absolute atomic E-state index is 5.53. The lowest BCUT2D eigenvalue weighted by atomic mass is 10.1. The van der Waals surface area contributed by atoms with Crippen LogP contribution < -0.4 is 9.47 Å². The summed E-state index contributed by atoms with van der Waals surface area (Å²) in [7, 11) is 3.26. The molecule has 0 aliphatic carbocycles. The highest BCUT2D eigenvalue weighted by Crippen LogP contribution is 2.34. The molecule has 0 atom stereocenters. The third-order valence-electron chi connectivity index (χ3n) is 4.06. The second-order valence-electron chi connectivity index (χ2n) is 5.77. The lowest BCUT2D eigenvalue weighted by Crippen LogP contribution is -2.23. The minimum Gasteiger partial charge on any atom is -0.497 e. The summed E-state index contributed by atoms with van der Waals surface area (Å²) in [6, 6.07) is 9.50. The van der Waals surface area contributed by atoms with E-state index < -0.39 is 0 Å². The van der Waals surface area contributed by atoms with Crippen LogP contribution in [-0.4, -0.2) is 35.9 Å². The lowest BCUT2D eigenvalue weighted by molar-refractivity contribution is 0.264. The molecule has 1 aromatic carbocycles. The van der Waals surface area contributed by atoms with Gasteiger partial charge in [0.2, 0.25) is 0 Å². The Morgan fingerprint density at radius 1 is 1.23 bits per heavy atom. The average Bonchev–Trinajstić information content (AvgIpc) is 3.33. The van der Waals surface area contributed by atoms with E-state index in [-0.39, 0.29) is 0 Å². The van der Waals surface area contributed by atoms with Gasteiger partial charge in [-0.25, -0.2) is 0 Å². The molecule has 0 spiro atoms. The van der Waals surface area contributed by atoms with Crippen molar-refractivity contribution in [1.82, 2.24) is 15.1 Å². The van der Waals surface area contributed by atoms with Gasteiger partial charge in [0.25, 0.3) is 0 Å². The van der Waals surface area contributed by atoms with Gasteiger partial charge in [0, 0.05) is 23.7 Å². The first-order valence-electron chi connectivity index (χ1n) is 8.18. The highest BCUT2D eigenvalue weighted by Gasteiger charge is 2.16. The first kappa shape index (κ1) is 17.6. The third-order valence-corrected chi connectivity index (χ3v) is 4.06. The van der Waals surface area contributed by atoms with Crippen molar-refractivity contribution in [2.75, 3.05) is 20.8 Å². The molecule has 0 amide bonds. The number of nitrogens with one attached hydrogen (secondary N) is 1. The first-order chi connectivity index (χ1) is 12.7. The number of hydrogen-bond donors (Lipinski definition) is 1. The standard InChI is InChI=1S/C20H21N3O3/c1-4-9-23(14-17-6-5-10-26-17)13-15-12-21-22-20(15)18-8-7-16(24-2)11-19(18)25-3/h1,5-8,10-12H,9,13-14H2,2-3H3,(H,21,22). The quantitative estimate of drug-likeness (QED) is 0.631. The van der Waals surface area contributed by atoms with Crippen molar-refractivity contribution in [2.24, 2.45) is 0 Å². The molecule has 134 valence electrons. The van der Waals surface area contributed by atoms with Crippen LogP contribution in [0, 0.1) is 12.3 Å². The van der Waals surface area contributed by atoms with E-state index in [1.807, 2.05) is 36.5 Å². The fourth-order valence-corrected chi connectivity index (χ4v) is 2.83. The lowest BCUT2D eigenvalue weighted by Gasteiger charge is -2.19. The Morgan fingerprint density at radius 3 is 2.81 bits per heavy atom. The molecular formula is C20H21N3O3. The number of furan rings is 1. The molecule has 0 aliphatic heterocycles. The molecule has 3 aromatic rings. The van der Waals surface area contributed by atoms with Crippen LogP contribution in [-0.2, 0) is 13.1 Å². The van der Waals surface area contributed by atoms with E-state index in [1.165, 1.54) is 0 Å². The van der Waals surface area contributed by atoms with Gasteiger partial charge in [-0.05, 0) is 24.3 Å². The monoisotopic (exact) mass is 351 g/mol. The minimum atomic E-state index is 0.505. The molecular weight excluding hydrogens is 330 g/mol. The van der Waals surface area contributed by atoms with Crippen molar-refractivity contribution in [2.45, 2.75) is 13.1 Å². The van der Waals surface area contributed by atoms with E-state index in [0.717, 1.165) is 28.3 Å². The number of methoxy groups -OCH3 is 2. The van der Waals surface area contributed by atoms with Crippen molar-refractivity contribution >= 4 is 0 Å². The number of ether oxygens (including phenoxy) is 2. The number of terminal acetylenes is 1. The number of nitrogens with zero attached hydrogens (tertiary/aromatic N) is 2. The molecule has 6 heteroatoms. The van der Waals surface area contributed by atoms with E-state index in [0.29, 0.717) is 25.4 Å². The van der Waals surface area contributed by atoms with Crippen molar-refractivity contribution < 1.29 is 13.9 Å². The highest BCUT2D eigenvalue weighted by atomic mass is 16.5. The van der Waals surface area contributed by atoms with Crippen LogP contribution in [0.1, 0.15) is 11.3 Å². The molecule has 1 N–H and O–H groups in total. The molecule has 2 heterocycles. The number of aromatic nitrogens is 2. The zero-order valence-corrected chi connectivity index (χ0v) is 14.9. The van der Waals surface area contributed by atoms with Gasteiger partial charge in [0.1, 0.15) is 17.3 Å². The molecule has 0 saturated carbocycles. The van der Waals surface area contributed by atoms with Gasteiger partial charge in [0.15, 0.2) is 0 Å². The van der Waals surface area contributed by atoms with Gasteiger partial charge in [-0.3, -0.25) is 10.00 Å². The summed E-state index contributed by atoms with van der Waals surface area (Å²) in [5, 5.41) is 7.28. The Balaban J connectivity index is 1.87. The first-order valence-corrected chi connectivity index (χ1v) is 8.18. The molecule has 3 rings (SSSR count). The van der Waals surface area contributed by atoms with Crippen molar-refractivity contribution in [3.05, 3.63) is 54.1 Å². The number of hydrogen-bond acceptors (Lipinski definition) is 5. The van der Waals surface area contributed by atoms with Gasteiger partial charge in [-0.1, -0.05) is 5.92 Å². The van der Waals surface area contributed by atoms with Gasteiger partial charge in [-0.2, -0.15) is 5.10 Å². The topological polar surface area (TPSA) is 63.5 Å². The average molecular weight is 351 g/mol. The largest absolute Gasteiger partial charge is 0.497 e. The predicted octanol–water partition coefficient (Wildman–Crippen LogP) is 3.32. The Morgan fingerprint density at radius 2 is 2.12 bits per heavy atom. The van der Waals surface area contributed by atoms with Crippen LogP contribution in [0.4, 0.5) is 0 Å². The molecule has 26 heavy (non-hydrogen) atoms. The Labute approximate surface area is 152 Å². The van der Waals surface area contributed by atoms with Gasteiger partial charge in [-0.15, -0.1) is 6.42 Å². The number of benzene rings is 1. The molecule has 0 bridgehead atoms. The van der Waals surface area contributed by atoms with E-state index >= 15 is 0 Å². The maximum atomic E-state index is 5.53. The normalized spacial score (nSPS) is 10.7. The Bertz CT molecular complexity index is 878. The summed E-state index contributed by atoms with van der Waals surface area (Å²) in [6.07, 6.45) is 9.01. The molecule has 0 radical (unpaired) electrons. The van der Waals surface area contributed by atoms with E-state index in [1.54, 1.807) is 20.5 Å². The van der Waals surface area contributed by atoms with Crippen LogP contribution >= 0.6 is 0 Å². The molecule has 2 aromatic heterocycles. The SMILES string of the molecule is C#CCN(Cc1ccco1)Cc1cn[nH]c1-c1ccc(OC)cc1OC. The fraction of sp³-hybridized carbons (Fsp3) is 0.250. The van der Waals surface area contributed by atoms with Gasteiger partial charge in [0.05, 0.1) is 45.5 Å². The number of rotatable bonds is 8. The smallest absolute Gasteiger partial charge is 0.131 e. The summed E-state index contributed by atoms with van der Waals surface area (Å²) in [4.78, 5) is 2.11. The maximum Gasteiger partial charge on any atom is 0.131 e. The van der Waals surface area contributed by atoms with Gasteiger partial charge < -0.3 is 13.9 Å². The second-order valence-corrected chi connectivity index (χ2v) is 5.77. The predicted molar refractivity (Wildman–Crippen MR) is 98.8 cm³/mol. The van der Waals surface area contributed by atoms with Gasteiger partial charge >= 0.3 is 0 Å². The summed E-state index contributed by atoms with van der Waals surface area (Å²) in [5.41, 5.74) is 2.83. The molecule has 0 saturated heterocycles. The summed E-state index contributed by atoms with van der Waals surface area (Å²) in [5.74, 6) is 5.02. The van der Waals surface area contributed by atoms with Crippen molar-refractivity contribution in [3.8, 4) is 35.1 Å². The summed E-state index contributed by atoms with van der Waals surface area (Å²) < 4.78 is 16.2. The molecule has 0 fully saturated rings. The zero-order valence-electron chi connectivity index (χ0n) is 14.9. The number of H-pyrrole nitrogens is 1. The molecule has 0 unspecified atom stereocenters. The Kier molecular flexibility index (Phi) is 5.62.